The van der Waals surface area contributed by atoms with E-state index in [0.29, 0.717) is 21.5 Å². The first-order chi connectivity index (χ1) is 12.2. The molecule has 0 aliphatic carbocycles. The standard InChI is InChI=1S/C17H14ClN3O2S2/c1-23-12-8-6-11(7-9-12)19-16(22)17-21-20-15(25-17)10-24-14-5-3-2-4-13(14)18/h2-9H,10H2,1H3,(H,19,22). The molecule has 1 amide bonds. The van der Waals surface area contributed by atoms with E-state index in [1.54, 1.807) is 43.1 Å². The van der Waals surface area contributed by atoms with Crippen molar-refractivity contribution in [3.05, 3.63) is 63.6 Å². The molecule has 1 aromatic heterocycles. The van der Waals surface area contributed by atoms with Crippen molar-refractivity contribution in [3.63, 3.8) is 0 Å². The summed E-state index contributed by atoms with van der Waals surface area (Å²) in [7, 11) is 1.59. The Labute approximate surface area is 158 Å². The highest BCUT2D eigenvalue weighted by Crippen LogP contribution is 2.30. The van der Waals surface area contributed by atoms with Crippen LogP contribution in [0.1, 0.15) is 14.8 Å². The lowest BCUT2D eigenvalue weighted by Crippen LogP contribution is -2.11. The molecule has 0 bridgehead atoms. The SMILES string of the molecule is COc1ccc(NC(=O)c2nnc(CSc3ccccc3Cl)s2)cc1. The zero-order valence-corrected chi connectivity index (χ0v) is 15.6. The van der Waals surface area contributed by atoms with Gasteiger partial charge in [-0.15, -0.1) is 22.0 Å². The molecule has 2 aromatic carbocycles. The van der Waals surface area contributed by atoms with E-state index in [4.69, 9.17) is 16.3 Å². The van der Waals surface area contributed by atoms with E-state index in [1.165, 1.54) is 11.3 Å². The van der Waals surface area contributed by atoms with Crippen LogP contribution in [-0.2, 0) is 5.75 Å². The Morgan fingerprint density at radius 1 is 1.20 bits per heavy atom. The Bertz CT molecular complexity index is 868. The Morgan fingerprint density at radius 3 is 2.68 bits per heavy atom. The third-order valence-electron chi connectivity index (χ3n) is 3.20. The maximum atomic E-state index is 12.2. The Hall–Kier alpha value is -2.09. The molecule has 1 N–H and O–H groups in total. The van der Waals surface area contributed by atoms with Crippen LogP contribution in [0.25, 0.3) is 0 Å². The molecule has 0 aliphatic rings. The summed E-state index contributed by atoms with van der Waals surface area (Å²) in [6.45, 7) is 0. The summed E-state index contributed by atoms with van der Waals surface area (Å²) in [4.78, 5) is 13.2. The van der Waals surface area contributed by atoms with Gasteiger partial charge in [0.05, 0.1) is 17.9 Å². The number of ether oxygens (including phenoxy) is 1. The topological polar surface area (TPSA) is 64.1 Å². The van der Waals surface area contributed by atoms with Gasteiger partial charge in [-0.1, -0.05) is 35.1 Å². The third-order valence-corrected chi connectivity index (χ3v) is 5.83. The van der Waals surface area contributed by atoms with Crippen LogP contribution in [0, 0.1) is 0 Å². The van der Waals surface area contributed by atoms with Crippen molar-refractivity contribution in [1.82, 2.24) is 10.2 Å². The van der Waals surface area contributed by atoms with E-state index in [2.05, 4.69) is 15.5 Å². The molecule has 0 fully saturated rings. The number of halogens is 1. The van der Waals surface area contributed by atoms with E-state index < -0.39 is 0 Å². The number of methoxy groups -OCH3 is 1. The summed E-state index contributed by atoms with van der Waals surface area (Å²) in [6, 6.07) is 14.7. The number of anilines is 1. The fourth-order valence-electron chi connectivity index (χ4n) is 1.96. The van der Waals surface area contributed by atoms with Crippen molar-refractivity contribution in [2.45, 2.75) is 10.6 Å². The second kappa shape index (κ2) is 8.33. The minimum Gasteiger partial charge on any atom is -0.497 e. The minimum atomic E-state index is -0.281. The predicted octanol–water partition coefficient (Wildman–Crippen LogP) is 4.74. The molecule has 1 heterocycles. The molecule has 0 unspecified atom stereocenters. The van der Waals surface area contributed by atoms with E-state index in [1.807, 2.05) is 24.3 Å². The smallest absolute Gasteiger partial charge is 0.286 e. The van der Waals surface area contributed by atoms with Crippen molar-refractivity contribution in [1.29, 1.82) is 0 Å². The Morgan fingerprint density at radius 2 is 1.96 bits per heavy atom. The predicted molar refractivity (Wildman–Crippen MR) is 102 cm³/mol. The number of nitrogens with one attached hydrogen (secondary N) is 1. The molecule has 3 rings (SSSR count). The first-order valence-corrected chi connectivity index (χ1v) is 9.49. The van der Waals surface area contributed by atoms with Crippen molar-refractivity contribution < 1.29 is 9.53 Å². The summed E-state index contributed by atoms with van der Waals surface area (Å²) in [5, 5.41) is 12.6. The molecule has 0 atom stereocenters. The number of carbonyl (C=O) groups excluding carboxylic acids is 1. The molecule has 25 heavy (non-hydrogen) atoms. The zero-order chi connectivity index (χ0) is 17.6. The van der Waals surface area contributed by atoms with Crippen LogP contribution in [0.5, 0.6) is 5.75 Å². The molecular formula is C17H14ClN3O2S2. The van der Waals surface area contributed by atoms with Crippen molar-refractivity contribution in [3.8, 4) is 5.75 Å². The van der Waals surface area contributed by atoms with Gasteiger partial charge in [-0.25, -0.2) is 0 Å². The maximum absolute atomic E-state index is 12.2. The molecule has 128 valence electrons. The molecule has 5 nitrogen and oxygen atoms in total. The van der Waals surface area contributed by atoms with Crippen molar-refractivity contribution in [2.24, 2.45) is 0 Å². The highest BCUT2D eigenvalue weighted by atomic mass is 35.5. The molecule has 0 radical (unpaired) electrons. The van der Waals surface area contributed by atoms with Gasteiger partial charge in [-0.3, -0.25) is 4.79 Å². The fraction of sp³-hybridized carbons (Fsp3) is 0.118. The van der Waals surface area contributed by atoms with Gasteiger partial charge >= 0.3 is 0 Å². The monoisotopic (exact) mass is 391 g/mol. The summed E-state index contributed by atoms with van der Waals surface area (Å²) < 4.78 is 5.09. The summed E-state index contributed by atoms with van der Waals surface area (Å²) in [6.07, 6.45) is 0. The number of nitrogens with zero attached hydrogens (tertiary/aromatic N) is 2. The van der Waals surface area contributed by atoms with Gasteiger partial charge in [0, 0.05) is 10.6 Å². The second-order valence-corrected chi connectivity index (χ2v) is 7.39. The van der Waals surface area contributed by atoms with Gasteiger partial charge < -0.3 is 10.1 Å². The average molecular weight is 392 g/mol. The number of aromatic nitrogens is 2. The van der Waals surface area contributed by atoms with Gasteiger partial charge in [0.25, 0.3) is 5.91 Å². The van der Waals surface area contributed by atoms with Crippen molar-refractivity contribution in [2.75, 3.05) is 12.4 Å². The van der Waals surface area contributed by atoms with Crippen LogP contribution >= 0.6 is 34.7 Å². The van der Waals surface area contributed by atoms with E-state index in [9.17, 15) is 4.79 Å². The van der Waals surface area contributed by atoms with Crippen LogP contribution in [-0.4, -0.2) is 23.2 Å². The highest BCUT2D eigenvalue weighted by Gasteiger charge is 2.13. The average Bonchev–Trinajstić information content (AvgIpc) is 3.11. The second-order valence-electron chi connectivity index (χ2n) is 4.90. The zero-order valence-electron chi connectivity index (χ0n) is 13.2. The maximum Gasteiger partial charge on any atom is 0.286 e. The van der Waals surface area contributed by atoms with Crippen LogP contribution in [0.2, 0.25) is 5.02 Å². The van der Waals surface area contributed by atoms with Crippen LogP contribution in [0.4, 0.5) is 5.69 Å². The number of carbonyl (C=O) groups is 1. The lowest BCUT2D eigenvalue weighted by atomic mass is 10.3. The minimum absolute atomic E-state index is 0.281. The van der Waals surface area contributed by atoms with E-state index >= 15 is 0 Å². The lowest BCUT2D eigenvalue weighted by molar-refractivity contribution is 0.102. The molecule has 0 spiro atoms. The Balaban J connectivity index is 1.60. The quantitative estimate of drug-likeness (QED) is 0.614. The Kier molecular flexibility index (Phi) is 5.91. The van der Waals surface area contributed by atoms with Crippen LogP contribution in [0.3, 0.4) is 0 Å². The number of amides is 1. The van der Waals surface area contributed by atoms with Gasteiger partial charge in [0.2, 0.25) is 5.01 Å². The summed E-state index contributed by atoms with van der Waals surface area (Å²) >= 11 is 8.97. The van der Waals surface area contributed by atoms with Gasteiger partial charge in [-0.2, -0.15) is 0 Å². The van der Waals surface area contributed by atoms with E-state index in [-0.39, 0.29) is 5.91 Å². The van der Waals surface area contributed by atoms with Crippen LogP contribution < -0.4 is 10.1 Å². The molecular weight excluding hydrogens is 378 g/mol. The molecule has 0 saturated carbocycles. The molecule has 3 aromatic rings. The normalized spacial score (nSPS) is 10.5. The first-order valence-electron chi connectivity index (χ1n) is 7.31. The number of benzene rings is 2. The van der Waals surface area contributed by atoms with Gasteiger partial charge in [-0.05, 0) is 36.4 Å². The number of thioether (sulfide) groups is 1. The molecule has 8 heteroatoms. The summed E-state index contributed by atoms with van der Waals surface area (Å²) in [5.74, 6) is 1.06. The van der Waals surface area contributed by atoms with Gasteiger partial charge in [0.1, 0.15) is 10.8 Å². The summed E-state index contributed by atoms with van der Waals surface area (Å²) in [5.41, 5.74) is 0.674. The number of hydrogen-bond acceptors (Lipinski definition) is 6. The van der Waals surface area contributed by atoms with Crippen molar-refractivity contribution >= 4 is 46.3 Å². The molecule has 0 aliphatic heterocycles. The first kappa shape index (κ1) is 17.7. The largest absolute Gasteiger partial charge is 0.497 e. The number of hydrogen-bond donors (Lipinski definition) is 1. The van der Waals surface area contributed by atoms with Gasteiger partial charge in [0.15, 0.2) is 0 Å². The highest BCUT2D eigenvalue weighted by molar-refractivity contribution is 7.98. The van der Waals surface area contributed by atoms with E-state index in [0.717, 1.165) is 15.7 Å². The number of rotatable bonds is 6. The third kappa shape index (κ3) is 4.72. The lowest BCUT2D eigenvalue weighted by Gasteiger charge is -2.04. The van der Waals surface area contributed by atoms with Crippen LogP contribution in [0.15, 0.2) is 53.4 Å². The molecule has 0 saturated heterocycles. The fourth-order valence-corrected chi connectivity index (χ4v) is 3.92.